The number of benzene rings is 1. The molecule has 0 spiro atoms. The Morgan fingerprint density at radius 3 is 3.06 bits per heavy atom. The first kappa shape index (κ1) is 12.7. The predicted molar refractivity (Wildman–Crippen MR) is 60.1 cm³/mol. The summed E-state index contributed by atoms with van der Waals surface area (Å²) >= 11 is 5.74. The second-order valence-electron chi connectivity index (χ2n) is 3.11. The zero-order chi connectivity index (χ0) is 12.0. The average Bonchev–Trinajstić information content (AvgIpc) is 2.28. The molecule has 1 aromatic carbocycles. The molecule has 1 rings (SSSR count). The zero-order valence-corrected chi connectivity index (χ0v) is 9.62. The molecule has 1 atom stereocenters. The van der Waals surface area contributed by atoms with Crippen LogP contribution >= 0.6 is 11.6 Å². The van der Waals surface area contributed by atoms with Crippen LogP contribution in [0.4, 0.5) is 0 Å². The fourth-order valence-electron chi connectivity index (χ4n) is 1.41. The Morgan fingerprint density at radius 1 is 1.75 bits per heavy atom. The van der Waals surface area contributed by atoms with Gasteiger partial charge in [-0.15, -0.1) is 0 Å². The van der Waals surface area contributed by atoms with E-state index >= 15 is 0 Å². The molecule has 0 aliphatic rings. The smallest absolute Gasteiger partial charge is 0.122 e. The summed E-state index contributed by atoms with van der Waals surface area (Å²) in [6, 6.07) is 7.95. The zero-order valence-electron chi connectivity index (χ0n) is 8.87. The van der Waals surface area contributed by atoms with E-state index in [1.54, 1.807) is 6.07 Å². The van der Waals surface area contributed by atoms with Crippen LogP contribution in [0.1, 0.15) is 30.6 Å². The molecule has 0 saturated carbocycles. The van der Waals surface area contributed by atoms with Gasteiger partial charge in [-0.05, 0) is 24.6 Å². The molecule has 0 bridgehead atoms. The molecule has 0 aromatic heterocycles. The molecule has 1 radical (unpaired) electrons. The molecule has 83 valence electrons. The van der Waals surface area contributed by atoms with Crippen molar-refractivity contribution in [3.63, 3.8) is 0 Å². The largest absolute Gasteiger partial charge is 0.373 e. The number of nitrogens with zero attached hydrogens (tertiary/aromatic N) is 1. The minimum absolute atomic E-state index is 0.220. The summed E-state index contributed by atoms with van der Waals surface area (Å²) < 4.78 is 5.41. The molecule has 0 aliphatic heterocycles. The van der Waals surface area contributed by atoms with E-state index in [-0.39, 0.29) is 6.42 Å². The van der Waals surface area contributed by atoms with Crippen molar-refractivity contribution in [3.8, 4) is 6.07 Å². The molecule has 0 fully saturated rings. The monoisotopic (exact) mass is 236 g/mol. The van der Waals surface area contributed by atoms with Crippen molar-refractivity contribution < 1.29 is 9.53 Å². The van der Waals surface area contributed by atoms with Gasteiger partial charge in [0.05, 0.1) is 17.7 Å². The summed E-state index contributed by atoms with van der Waals surface area (Å²) in [6.07, 6.45) is 0.597. The Bertz CT molecular complexity index is 412. The van der Waals surface area contributed by atoms with E-state index in [1.165, 1.54) is 6.07 Å². The maximum Gasteiger partial charge on any atom is 0.122 e. The summed E-state index contributed by atoms with van der Waals surface area (Å²) in [5.41, 5.74) is 1.07. The first-order valence-corrected chi connectivity index (χ1v) is 5.27. The molecule has 3 nitrogen and oxygen atoms in total. The van der Waals surface area contributed by atoms with E-state index in [1.807, 2.05) is 13.0 Å². The van der Waals surface area contributed by atoms with Crippen molar-refractivity contribution in [2.24, 2.45) is 0 Å². The van der Waals surface area contributed by atoms with Crippen molar-refractivity contribution in [2.75, 3.05) is 6.61 Å². The maximum atomic E-state index is 10.5. The second-order valence-corrected chi connectivity index (χ2v) is 3.52. The van der Waals surface area contributed by atoms with Crippen LogP contribution in [0.25, 0.3) is 0 Å². The van der Waals surface area contributed by atoms with Gasteiger partial charge in [0.25, 0.3) is 0 Å². The summed E-state index contributed by atoms with van der Waals surface area (Å²) in [5.74, 6) is 0. The van der Waals surface area contributed by atoms with E-state index in [9.17, 15) is 4.79 Å². The van der Waals surface area contributed by atoms with Crippen LogP contribution in [-0.2, 0) is 9.53 Å². The molecule has 0 aliphatic carbocycles. The lowest BCUT2D eigenvalue weighted by Crippen LogP contribution is -2.07. The topological polar surface area (TPSA) is 50.1 Å². The highest BCUT2D eigenvalue weighted by atomic mass is 35.5. The normalized spacial score (nSPS) is 11.8. The number of ether oxygens (including phenoxy) is 1. The van der Waals surface area contributed by atoms with Crippen molar-refractivity contribution in [3.05, 3.63) is 34.3 Å². The lowest BCUT2D eigenvalue weighted by Gasteiger charge is -2.15. The average molecular weight is 237 g/mol. The third kappa shape index (κ3) is 3.06. The predicted octanol–water partition coefficient (Wildman–Crippen LogP) is 2.68. The Balaban J connectivity index is 3.08. The second kappa shape index (κ2) is 6.26. The molecule has 16 heavy (non-hydrogen) atoms. The third-order valence-electron chi connectivity index (χ3n) is 2.09. The summed E-state index contributed by atoms with van der Waals surface area (Å²) in [4.78, 5) is 10.5. The third-order valence-corrected chi connectivity index (χ3v) is 2.31. The fraction of sp³-hybridized carbons (Fsp3) is 0.333. The lowest BCUT2D eigenvalue weighted by molar-refractivity contribution is -0.110. The SMILES string of the molecule is CCOC(CC=O)c1c[c]c(Cl)cc1C#N. The minimum atomic E-state index is -0.398. The maximum absolute atomic E-state index is 10.5. The number of nitriles is 1. The lowest BCUT2D eigenvalue weighted by atomic mass is 10.0. The first-order valence-electron chi connectivity index (χ1n) is 4.89. The number of aldehydes is 1. The molecule has 0 N–H and O–H groups in total. The quantitative estimate of drug-likeness (QED) is 0.739. The molecule has 1 aromatic rings. The van der Waals surface area contributed by atoms with Gasteiger partial charge in [0.2, 0.25) is 0 Å². The fourth-order valence-corrected chi connectivity index (χ4v) is 1.58. The number of carbonyl (C=O) groups is 1. The van der Waals surface area contributed by atoms with Gasteiger partial charge in [-0.3, -0.25) is 0 Å². The van der Waals surface area contributed by atoms with Gasteiger partial charge in [0.15, 0.2) is 0 Å². The molecule has 0 heterocycles. The van der Waals surface area contributed by atoms with Gasteiger partial charge in [-0.25, -0.2) is 0 Å². The Labute approximate surface area is 99.6 Å². The van der Waals surface area contributed by atoms with Crippen LogP contribution < -0.4 is 0 Å². The van der Waals surface area contributed by atoms with Crippen molar-refractivity contribution in [2.45, 2.75) is 19.4 Å². The van der Waals surface area contributed by atoms with Gasteiger partial charge in [-0.2, -0.15) is 5.26 Å². The van der Waals surface area contributed by atoms with Crippen molar-refractivity contribution in [1.82, 2.24) is 0 Å². The van der Waals surface area contributed by atoms with Crippen molar-refractivity contribution >= 4 is 17.9 Å². The summed E-state index contributed by atoms with van der Waals surface area (Å²) in [5, 5.41) is 9.34. The Morgan fingerprint density at radius 2 is 2.50 bits per heavy atom. The molecule has 1 unspecified atom stereocenters. The molecule has 4 heteroatoms. The molecular formula is C12H11ClNO2. The number of halogens is 1. The summed E-state index contributed by atoms with van der Waals surface area (Å²) in [7, 11) is 0. The highest BCUT2D eigenvalue weighted by Crippen LogP contribution is 2.25. The molecule has 0 saturated heterocycles. The van der Waals surface area contributed by atoms with E-state index in [2.05, 4.69) is 6.07 Å². The van der Waals surface area contributed by atoms with E-state index < -0.39 is 6.10 Å². The Hall–Kier alpha value is -1.37. The van der Waals surface area contributed by atoms with Crippen molar-refractivity contribution in [1.29, 1.82) is 5.26 Å². The standard InChI is InChI=1S/C12H11ClNO2/c1-2-16-12(5-6-15)11-4-3-10(13)7-9(11)8-14/h4,6-7,12H,2,5H2,1H3. The van der Waals surface area contributed by atoms with Gasteiger partial charge in [0, 0.05) is 24.1 Å². The van der Waals surface area contributed by atoms with Gasteiger partial charge >= 0.3 is 0 Å². The van der Waals surface area contributed by atoms with Crippen LogP contribution in [0, 0.1) is 17.4 Å². The minimum Gasteiger partial charge on any atom is -0.373 e. The highest BCUT2D eigenvalue weighted by Gasteiger charge is 2.15. The molecule has 0 amide bonds. The molecular weight excluding hydrogens is 226 g/mol. The number of carbonyl (C=O) groups excluding carboxylic acids is 1. The van der Waals surface area contributed by atoms with Crippen LogP contribution in [0.3, 0.4) is 0 Å². The van der Waals surface area contributed by atoms with Crippen LogP contribution in [0.15, 0.2) is 12.1 Å². The van der Waals surface area contributed by atoms with Crippen LogP contribution in [0.2, 0.25) is 5.02 Å². The Kier molecular flexibility index (Phi) is 4.97. The van der Waals surface area contributed by atoms with Crippen LogP contribution in [-0.4, -0.2) is 12.9 Å². The van der Waals surface area contributed by atoms with Crippen LogP contribution in [0.5, 0.6) is 0 Å². The van der Waals surface area contributed by atoms with E-state index in [0.29, 0.717) is 22.8 Å². The number of hydrogen-bond donors (Lipinski definition) is 0. The van der Waals surface area contributed by atoms with Gasteiger partial charge < -0.3 is 9.53 Å². The summed E-state index contributed by atoms with van der Waals surface area (Å²) in [6.45, 7) is 2.31. The van der Waals surface area contributed by atoms with Gasteiger partial charge in [-0.1, -0.05) is 11.6 Å². The first-order chi connectivity index (χ1) is 7.72. The van der Waals surface area contributed by atoms with E-state index in [0.717, 1.165) is 6.29 Å². The van der Waals surface area contributed by atoms with Gasteiger partial charge in [0.1, 0.15) is 6.29 Å². The number of hydrogen-bond acceptors (Lipinski definition) is 3. The number of rotatable bonds is 5. The van der Waals surface area contributed by atoms with E-state index in [4.69, 9.17) is 21.6 Å². The highest BCUT2D eigenvalue weighted by molar-refractivity contribution is 6.30.